The molecule has 11 rings (SSSR count). The number of pyridine rings is 1. The Balaban J connectivity index is 0.895. The summed E-state index contributed by atoms with van der Waals surface area (Å²) in [6.45, 7) is 6.05. The quantitative estimate of drug-likeness (QED) is 0.0228. The average molecular weight is 1280 g/mol. The van der Waals surface area contributed by atoms with Crippen molar-refractivity contribution in [1.82, 2.24) is 20.1 Å². The predicted molar refractivity (Wildman–Crippen MR) is 327 cm³/mol. The number of carbonyl (C=O) groups is 7. The molecule has 5 aliphatic rings. The number of rotatable bonds is 19. The van der Waals surface area contributed by atoms with Crippen molar-refractivity contribution in [2.45, 2.75) is 120 Å². The first-order valence-electron chi connectivity index (χ1n) is 30.1. The molecule has 3 N–H and O–H groups in total. The lowest BCUT2D eigenvalue weighted by atomic mass is 9.47. The van der Waals surface area contributed by atoms with E-state index in [0.29, 0.717) is 16.8 Å². The fourth-order valence-electron chi connectivity index (χ4n) is 13.8. The van der Waals surface area contributed by atoms with Crippen LogP contribution in [-0.2, 0) is 58.9 Å². The lowest BCUT2D eigenvalue weighted by molar-refractivity contribution is -0.385. The molecule has 25 nitrogen and oxygen atoms in total. The van der Waals surface area contributed by atoms with E-state index in [9.17, 15) is 49.1 Å². The van der Waals surface area contributed by atoms with Crippen LogP contribution in [0.3, 0.4) is 0 Å². The van der Waals surface area contributed by atoms with Crippen molar-refractivity contribution in [2.24, 2.45) is 11.3 Å². The van der Waals surface area contributed by atoms with Crippen molar-refractivity contribution >= 4 is 58.6 Å². The van der Waals surface area contributed by atoms with Crippen LogP contribution in [0.2, 0.25) is 0 Å². The molecule has 2 aliphatic carbocycles. The number of carbonyl (C=O) groups excluding carboxylic acids is 7. The second-order valence-electron chi connectivity index (χ2n) is 24.3. The lowest BCUT2D eigenvalue weighted by Gasteiger charge is -2.65. The van der Waals surface area contributed by atoms with Crippen LogP contribution in [0.15, 0.2) is 157 Å². The molecule has 4 fully saturated rings. The molecule has 0 spiro atoms. The molecule has 1 saturated carbocycles. The van der Waals surface area contributed by atoms with Gasteiger partial charge in [0.25, 0.3) is 5.91 Å². The first-order chi connectivity index (χ1) is 44.4. The third kappa shape index (κ3) is 12.1. The summed E-state index contributed by atoms with van der Waals surface area (Å²) in [6, 6.07) is 35.1. The zero-order chi connectivity index (χ0) is 66.3. The van der Waals surface area contributed by atoms with Crippen LogP contribution in [-0.4, -0.2) is 165 Å². The summed E-state index contributed by atoms with van der Waals surface area (Å²) in [5.41, 5.74) is -6.39. The minimum atomic E-state index is -2.55. The Morgan fingerprint density at radius 2 is 1.47 bits per heavy atom. The maximum atomic E-state index is 15.7. The number of aromatic nitrogens is 1. The van der Waals surface area contributed by atoms with Gasteiger partial charge in [-0.2, -0.15) is 0 Å². The van der Waals surface area contributed by atoms with Crippen molar-refractivity contribution in [1.29, 1.82) is 0 Å². The van der Waals surface area contributed by atoms with Crippen LogP contribution in [0.4, 0.5) is 15.3 Å². The summed E-state index contributed by atoms with van der Waals surface area (Å²) in [7, 11) is 2.74. The molecule has 486 valence electrons. The summed E-state index contributed by atoms with van der Waals surface area (Å²) in [4.78, 5) is 117. The normalized spacial score (nSPS) is 27.0. The topological polar surface area (TPSA) is 318 Å². The fourth-order valence-corrected chi connectivity index (χ4v) is 13.8. The number of nitrogens with zero attached hydrogens (tertiary/aromatic N) is 4. The van der Waals surface area contributed by atoms with Gasteiger partial charge in [-0.05, 0) is 91.2 Å². The van der Waals surface area contributed by atoms with Gasteiger partial charge in [0.1, 0.15) is 54.0 Å². The van der Waals surface area contributed by atoms with Gasteiger partial charge in [-0.1, -0.05) is 79.7 Å². The van der Waals surface area contributed by atoms with E-state index in [-0.39, 0.29) is 72.0 Å². The van der Waals surface area contributed by atoms with Gasteiger partial charge in [0, 0.05) is 88.1 Å². The molecule has 1 unspecified atom stereocenters. The van der Waals surface area contributed by atoms with Crippen molar-refractivity contribution in [3.63, 3.8) is 0 Å². The number of amides is 3. The van der Waals surface area contributed by atoms with Gasteiger partial charge < -0.3 is 68.0 Å². The molecule has 93 heavy (non-hydrogen) atoms. The Morgan fingerprint density at radius 3 is 2.12 bits per heavy atom. The molecule has 0 radical (unpaired) electrons. The highest BCUT2D eigenvalue weighted by Crippen LogP contribution is 2.68. The number of nitro benzene ring substituents is 1. The van der Waals surface area contributed by atoms with Crippen LogP contribution < -0.4 is 10.1 Å². The number of likely N-dealkylation sites (N-methyl/N-ethyl adjacent to an activating group) is 2. The van der Waals surface area contributed by atoms with E-state index >= 15 is 4.79 Å². The van der Waals surface area contributed by atoms with Gasteiger partial charge in [-0.25, -0.2) is 19.2 Å². The van der Waals surface area contributed by atoms with Gasteiger partial charge in [-0.15, -0.1) is 0 Å². The van der Waals surface area contributed by atoms with E-state index in [2.05, 4.69) is 10.3 Å². The Labute approximate surface area is 533 Å². The van der Waals surface area contributed by atoms with Crippen LogP contribution in [0.1, 0.15) is 85.3 Å². The second kappa shape index (κ2) is 25.7. The summed E-state index contributed by atoms with van der Waals surface area (Å²) in [6.07, 6.45) is -11.7. The van der Waals surface area contributed by atoms with Crippen LogP contribution >= 0.6 is 0 Å². The number of nitrogens with one attached hydrogen (secondary N) is 1. The molecule has 25 heteroatoms. The van der Waals surface area contributed by atoms with Gasteiger partial charge >= 0.3 is 41.8 Å². The Kier molecular flexibility index (Phi) is 17.9. The molecule has 6 aromatic rings. The second-order valence-corrected chi connectivity index (χ2v) is 24.3. The average Bonchev–Trinajstić information content (AvgIpc) is 1.64. The van der Waals surface area contributed by atoms with Crippen molar-refractivity contribution in [2.75, 3.05) is 33.8 Å². The SMILES string of the molecule is CC(=O)O[C@H]1C2=C(C)[C@H](OC(=O)[C@H](OC(=O)N(C)CCN(C)C(=O)OCc3ccc([N+](=O)[O-])c(Oc4ccc5ncccc5c4)c3)[C@@H](NC(=O)c3ccccc3)c3ccccc3)C[C@]3(O)[C@H](OC(=O)c4ccccc4)[C@H]4[C@@]5(OC(C)=O)CO[C@H]5C[C@@H](O)[C@]4(C)C1O[C@]23C. The van der Waals surface area contributed by atoms with E-state index < -0.39 is 130 Å². The van der Waals surface area contributed by atoms with Gasteiger partial charge in [-0.3, -0.25) is 29.5 Å². The van der Waals surface area contributed by atoms with Crippen molar-refractivity contribution in [3.05, 3.63) is 189 Å². The Morgan fingerprint density at radius 1 is 0.806 bits per heavy atom. The summed E-state index contributed by atoms with van der Waals surface area (Å²) >= 11 is 0. The van der Waals surface area contributed by atoms with Crippen LogP contribution in [0.5, 0.6) is 11.5 Å². The third-order valence-electron chi connectivity index (χ3n) is 18.6. The first kappa shape index (κ1) is 64.7. The molecule has 3 aliphatic heterocycles. The molecular weight excluding hydrogens is 1210 g/mol. The number of aliphatic hydroxyl groups is 2. The number of esters is 4. The number of nitro groups is 1. The molecular formula is C68H69N5O20. The van der Waals surface area contributed by atoms with E-state index in [1.165, 1.54) is 70.4 Å². The Bertz CT molecular complexity index is 3930. The lowest BCUT2D eigenvalue weighted by Crippen LogP contribution is -2.80. The minimum absolute atomic E-state index is 0.0635. The number of ether oxygens (including phenoxy) is 9. The number of hydrogen-bond acceptors (Lipinski definition) is 21. The molecule has 3 amide bonds. The molecule has 2 bridgehead atoms. The number of hydrogen-bond donors (Lipinski definition) is 3. The van der Waals surface area contributed by atoms with Gasteiger partial charge in [0.05, 0.1) is 34.6 Å². The van der Waals surface area contributed by atoms with Gasteiger partial charge in [0.15, 0.2) is 11.7 Å². The molecule has 5 aromatic carbocycles. The van der Waals surface area contributed by atoms with E-state index in [0.717, 1.165) is 22.1 Å². The monoisotopic (exact) mass is 1280 g/mol. The molecule has 13 atom stereocenters. The highest BCUT2D eigenvalue weighted by molar-refractivity contribution is 5.95. The van der Waals surface area contributed by atoms with Gasteiger partial charge in [0.2, 0.25) is 11.9 Å². The van der Waals surface area contributed by atoms with Crippen LogP contribution in [0.25, 0.3) is 10.9 Å². The predicted octanol–water partition coefficient (Wildman–Crippen LogP) is 7.89. The standard InChI is InChI=1S/C68H69N5O20/c1-38-50(35-68(82)59(91-61(78)44-22-15-10-16-23-44)57-65(4,51(76)34-52-67(57,37-86-52)92-40(3)75)58-55(87-39(2)74)53(38)66(68,5)93-58)89-62(79)56(54(42-18-11-8-12-19-42)70-60(77)43-20-13-9-14-21-43)90-64(81)72(7)31-30-71(6)63(80)85-36-41-25-28-48(73(83)84)49(32-41)88-46-26-27-47-45(33-46)24-17-29-69-47/h8-29,32-33,50-52,54-59,76,82H,30-31,34-37H2,1-7H3,(H,70,77)/t50-,51-,52+,54+,55+,56-,57-,58?,59-,65+,66-,67-,68+/m1/s1. The third-order valence-corrected chi connectivity index (χ3v) is 18.6. The molecule has 1 aromatic heterocycles. The molecule has 4 heterocycles. The zero-order valence-corrected chi connectivity index (χ0v) is 51.8. The maximum absolute atomic E-state index is 15.7. The summed E-state index contributed by atoms with van der Waals surface area (Å²) in [5, 5.41) is 42.3. The highest BCUT2D eigenvalue weighted by Gasteiger charge is 2.83. The number of aliphatic hydroxyl groups excluding tert-OH is 1. The van der Waals surface area contributed by atoms with E-state index in [1.807, 2.05) is 6.07 Å². The zero-order valence-electron chi connectivity index (χ0n) is 51.8. The fraction of sp³-hybridized carbons (Fsp3) is 0.382. The van der Waals surface area contributed by atoms with E-state index in [1.54, 1.807) is 111 Å². The Hall–Kier alpha value is -9.82. The summed E-state index contributed by atoms with van der Waals surface area (Å²) < 4.78 is 56.3. The van der Waals surface area contributed by atoms with Crippen LogP contribution in [0, 0.1) is 21.4 Å². The molecule has 3 saturated heterocycles. The smallest absolute Gasteiger partial charge is 0.410 e. The number of benzene rings is 5. The van der Waals surface area contributed by atoms with Crippen molar-refractivity contribution in [3.8, 4) is 11.5 Å². The summed E-state index contributed by atoms with van der Waals surface area (Å²) in [5.74, 6) is -5.61. The highest BCUT2D eigenvalue weighted by atomic mass is 16.7. The minimum Gasteiger partial charge on any atom is -0.455 e. The van der Waals surface area contributed by atoms with E-state index in [4.69, 9.17) is 42.6 Å². The van der Waals surface area contributed by atoms with Crippen molar-refractivity contribution < 1.29 is 91.3 Å². The largest absolute Gasteiger partial charge is 0.455 e. The maximum Gasteiger partial charge on any atom is 0.410 e. The number of fused-ring (bicyclic) bond motifs is 6. The first-order valence-corrected chi connectivity index (χ1v) is 30.1.